The van der Waals surface area contributed by atoms with Gasteiger partial charge in [0, 0.05) is 6.04 Å². The largest absolute Gasteiger partial charge is 0.481 e. The molecule has 1 aliphatic rings. The van der Waals surface area contributed by atoms with Gasteiger partial charge in [0.2, 0.25) is 0 Å². The summed E-state index contributed by atoms with van der Waals surface area (Å²) in [5.74, 6) is -2.76. The average Bonchev–Trinajstić information content (AvgIpc) is 2.40. The Kier molecular flexibility index (Phi) is 4.47. The van der Waals surface area contributed by atoms with E-state index in [9.17, 15) is 13.6 Å². The van der Waals surface area contributed by atoms with Crippen molar-refractivity contribution in [2.75, 3.05) is 13.1 Å². The van der Waals surface area contributed by atoms with Gasteiger partial charge in [-0.05, 0) is 43.6 Å². The molecule has 0 bridgehead atoms. The molecule has 0 saturated carbocycles. The van der Waals surface area contributed by atoms with Crippen LogP contribution in [-0.4, -0.2) is 29.1 Å². The molecule has 1 saturated heterocycles. The third-order valence-corrected chi connectivity index (χ3v) is 3.53. The molecule has 1 aliphatic heterocycles. The number of hydrogen-bond acceptors (Lipinski definition) is 2. The Balaban J connectivity index is 2.24. The molecule has 1 aromatic carbocycles. The van der Waals surface area contributed by atoms with Crippen LogP contribution in [0.1, 0.15) is 37.3 Å². The SMILES string of the molecule is O=C(O)CC(c1ccc(F)c(F)c1)N1CCCCC1. The minimum Gasteiger partial charge on any atom is -0.481 e. The van der Waals surface area contributed by atoms with Crippen molar-refractivity contribution in [1.82, 2.24) is 4.90 Å². The fourth-order valence-electron chi connectivity index (χ4n) is 2.57. The first kappa shape index (κ1) is 13.9. The molecule has 0 spiro atoms. The summed E-state index contributed by atoms with van der Waals surface area (Å²) in [5, 5.41) is 9.01. The fraction of sp³-hybridized carbons (Fsp3) is 0.500. The van der Waals surface area contributed by atoms with Gasteiger partial charge >= 0.3 is 5.97 Å². The molecule has 0 amide bonds. The predicted molar refractivity (Wildman–Crippen MR) is 66.8 cm³/mol. The zero-order chi connectivity index (χ0) is 13.8. The van der Waals surface area contributed by atoms with Crippen LogP contribution < -0.4 is 0 Å². The summed E-state index contributed by atoms with van der Waals surface area (Å²) in [6.07, 6.45) is 3.07. The first-order valence-electron chi connectivity index (χ1n) is 6.48. The number of benzene rings is 1. The maximum absolute atomic E-state index is 13.3. The lowest BCUT2D eigenvalue weighted by Crippen LogP contribution is -2.35. The number of carbonyl (C=O) groups is 1. The van der Waals surface area contributed by atoms with Crippen LogP contribution in [0.3, 0.4) is 0 Å². The summed E-state index contributed by atoms with van der Waals surface area (Å²) in [6.45, 7) is 1.61. The van der Waals surface area contributed by atoms with Crippen molar-refractivity contribution < 1.29 is 18.7 Å². The lowest BCUT2D eigenvalue weighted by Gasteiger charge is -2.34. The number of carboxylic acids is 1. The van der Waals surface area contributed by atoms with Gasteiger partial charge in [0.25, 0.3) is 0 Å². The first-order chi connectivity index (χ1) is 9.08. The minimum atomic E-state index is -0.930. The normalized spacial score (nSPS) is 18.2. The molecule has 0 aliphatic carbocycles. The third-order valence-electron chi connectivity index (χ3n) is 3.53. The highest BCUT2D eigenvalue weighted by Crippen LogP contribution is 2.28. The smallest absolute Gasteiger partial charge is 0.305 e. The summed E-state index contributed by atoms with van der Waals surface area (Å²) in [7, 11) is 0. The molecule has 19 heavy (non-hydrogen) atoms. The predicted octanol–water partition coefficient (Wildman–Crippen LogP) is 2.97. The number of piperidine rings is 1. The molecule has 2 rings (SSSR count). The molecule has 1 atom stereocenters. The van der Waals surface area contributed by atoms with Gasteiger partial charge in [-0.25, -0.2) is 8.78 Å². The molecule has 3 nitrogen and oxygen atoms in total. The maximum Gasteiger partial charge on any atom is 0.305 e. The Morgan fingerprint density at radius 2 is 1.89 bits per heavy atom. The van der Waals surface area contributed by atoms with Gasteiger partial charge in [-0.2, -0.15) is 0 Å². The van der Waals surface area contributed by atoms with Crippen molar-refractivity contribution in [1.29, 1.82) is 0 Å². The number of nitrogens with zero attached hydrogens (tertiary/aromatic N) is 1. The second-order valence-corrected chi connectivity index (χ2v) is 4.88. The first-order valence-corrected chi connectivity index (χ1v) is 6.48. The fourth-order valence-corrected chi connectivity index (χ4v) is 2.57. The summed E-state index contributed by atoms with van der Waals surface area (Å²) in [5.41, 5.74) is 0.531. The number of likely N-dealkylation sites (tertiary alicyclic amines) is 1. The highest BCUT2D eigenvalue weighted by atomic mass is 19.2. The Bertz CT molecular complexity index is 459. The number of halogens is 2. The van der Waals surface area contributed by atoms with E-state index in [2.05, 4.69) is 0 Å². The van der Waals surface area contributed by atoms with Crippen molar-refractivity contribution >= 4 is 5.97 Å². The summed E-state index contributed by atoms with van der Waals surface area (Å²) < 4.78 is 26.3. The second kappa shape index (κ2) is 6.10. The highest BCUT2D eigenvalue weighted by molar-refractivity contribution is 5.68. The van der Waals surface area contributed by atoms with Crippen molar-refractivity contribution in [3.05, 3.63) is 35.4 Å². The minimum absolute atomic E-state index is 0.0922. The van der Waals surface area contributed by atoms with E-state index < -0.39 is 17.6 Å². The van der Waals surface area contributed by atoms with E-state index in [1.807, 2.05) is 4.90 Å². The average molecular weight is 269 g/mol. The molecule has 1 N–H and O–H groups in total. The Labute approximate surface area is 110 Å². The van der Waals surface area contributed by atoms with Gasteiger partial charge in [0.15, 0.2) is 11.6 Å². The molecular formula is C14H17F2NO2. The monoisotopic (exact) mass is 269 g/mol. The van der Waals surface area contributed by atoms with Crippen molar-refractivity contribution in [2.24, 2.45) is 0 Å². The van der Waals surface area contributed by atoms with E-state index in [4.69, 9.17) is 5.11 Å². The Morgan fingerprint density at radius 1 is 1.21 bits per heavy atom. The summed E-state index contributed by atoms with van der Waals surface area (Å²) in [4.78, 5) is 13.0. The van der Waals surface area contributed by atoms with E-state index in [0.29, 0.717) is 5.56 Å². The van der Waals surface area contributed by atoms with E-state index in [1.165, 1.54) is 6.07 Å². The van der Waals surface area contributed by atoms with Gasteiger partial charge in [0.1, 0.15) is 0 Å². The van der Waals surface area contributed by atoms with Crippen LogP contribution in [0.5, 0.6) is 0 Å². The van der Waals surface area contributed by atoms with Crippen LogP contribution in [-0.2, 0) is 4.79 Å². The second-order valence-electron chi connectivity index (χ2n) is 4.88. The number of aliphatic carboxylic acids is 1. The van der Waals surface area contributed by atoms with Crippen molar-refractivity contribution in [2.45, 2.75) is 31.7 Å². The molecule has 5 heteroatoms. The maximum atomic E-state index is 13.3. The van der Waals surface area contributed by atoms with E-state index >= 15 is 0 Å². The zero-order valence-corrected chi connectivity index (χ0v) is 10.6. The Hall–Kier alpha value is -1.49. The molecule has 1 heterocycles. The third kappa shape index (κ3) is 3.50. The molecule has 0 aromatic heterocycles. The van der Waals surface area contributed by atoms with Crippen LogP contribution in [0.2, 0.25) is 0 Å². The molecule has 104 valence electrons. The lowest BCUT2D eigenvalue weighted by atomic mass is 9.99. The number of carboxylic acid groups (broad SMARTS) is 1. The van der Waals surface area contributed by atoms with Gasteiger partial charge in [-0.1, -0.05) is 12.5 Å². The lowest BCUT2D eigenvalue weighted by molar-refractivity contribution is -0.138. The zero-order valence-electron chi connectivity index (χ0n) is 10.6. The Morgan fingerprint density at radius 3 is 2.47 bits per heavy atom. The summed E-state index contributed by atoms with van der Waals surface area (Å²) in [6, 6.07) is 3.26. The molecule has 1 aromatic rings. The molecule has 1 unspecified atom stereocenters. The quantitative estimate of drug-likeness (QED) is 0.913. The molecule has 0 radical (unpaired) electrons. The summed E-state index contributed by atoms with van der Waals surface area (Å²) >= 11 is 0. The number of rotatable bonds is 4. The van der Waals surface area contributed by atoms with Gasteiger partial charge in [-0.15, -0.1) is 0 Å². The van der Waals surface area contributed by atoms with Crippen LogP contribution in [0.4, 0.5) is 8.78 Å². The van der Waals surface area contributed by atoms with Crippen LogP contribution in [0, 0.1) is 11.6 Å². The highest BCUT2D eigenvalue weighted by Gasteiger charge is 2.25. The van der Waals surface area contributed by atoms with Gasteiger partial charge in [-0.3, -0.25) is 9.69 Å². The van der Waals surface area contributed by atoms with Crippen LogP contribution in [0.25, 0.3) is 0 Å². The van der Waals surface area contributed by atoms with Crippen LogP contribution >= 0.6 is 0 Å². The van der Waals surface area contributed by atoms with E-state index in [0.717, 1.165) is 44.5 Å². The van der Waals surface area contributed by atoms with Crippen molar-refractivity contribution in [3.8, 4) is 0 Å². The topological polar surface area (TPSA) is 40.5 Å². The van der Waals surface area contributed by atoms with E-state index in [-0.39, 0.29) is 12.5 Å². The van der Waals surface area contributed by atoms with Crippen LogP contribution in [0.15, 0.2) is 18.2 Å². The molecule has 1 fully saturated rings. The number of hydrogen-bond donors (Lipinski definition) is 1. The molecular weight excluding hydrogens is 252 g/mol. The van der Waals surface area contributed by atoms with Gasteiger partial charge < -0.3 is 5.11 Å². The standard InChI is InChI=1S/C14H17F2NO2/c15-11-5-4-10(8-12(11)16)13(9-14(18)19)17-6-2-1-3-7-17/h4-5,8,13H,1-3,6-7,9H2,(H,18,19). The van der Waals surface area contributed by atoms with E-state index in [1.54, 1.807) is 0 Å². The van der Waals surface area contributed by atoms with Gasteiger partial charge in [0.05, 0.1) is 6.42 Å². The van der Waals surface area contributed by atoms with Crippen molar-refractivity contribution in [3.63, 3.8) is 0 Å².